The summed E-state index contributed by atoms with van der Waals surface area (Å²) in [7, 11) is 8.71. The fraction of sp³-hybridized carbons (Fsp3) is 1.00. The second-order valence-corrected chi connectivity index (χ2v) is 6.49. The van der Waals surface area contributed by atoms with Gasteiger partial charge in [0.2, 0.25) is 0 Å². The molecule has 0 heterocycles. The zero-order valence-electron chi connectivity index (χ0n) is 13.0. The van der Waals surface area contributed by atoms with E-state index in [2.05, 4.69) is 43.3 Å². The van der Waals surface area contributed by atoms with Crippen molar-refractivity contribution in [2.45, 2.75) is 38.5 Å². The fourth-order valence-electron chi connectivity index (χ4n) is 3.38. The van der Waals surface area contributed by atoms with Crippen molar-refractivity contribution in [3.05, 3.63) is 0 Å². The van der Waals surface area contributed by atoms with E-state index in [1.165, 1.54) is 64.7 Å². The Hall–Kier alpha value is -0.120. The summed E-state index contributed by atoms with van der Waals surface area (Å²) < 4.78 is 0. The molecule has 108 valence electrons. The number of nitrogens with zero attached hydrogens (tertiary/aromatic N) is 2. The number of nitrogens with one attached hydrogen (secondary N) is 1. The van der Waals surface area contributed by atoms with E-state index in [9.17, 15) is 0 Å². The second-order valence-electron chi connectivity index (χ2n) is 6.49. The summed E-state index contributed by atoms with van der Waals surface area (Å²) in [6.45, 7) is 4.87. The lowest BCUT2D eigenvalue weighted by atomic mass is 9.73. The molecule has 18 heavy (non-hydrogen) atoms. The molecular weight excluding hydrogens is 222 g/mol. The minimum absolute atomic E-state index is 0.542. The molecule has 0 spiro atoms. The fourth-order valence-corrected chi connectivity index (χ4v) is 3.38. The molecule has 0 aromatic carbocycles. The predicted octanol–water partition coefficient (Wildman–Crippen LogP) is 2.04. The number of hydrogen-bond acceptors (Lipinski definition) is 3. The van der Waals surface area contributed by atoms with Gasteiger partial charge in [0.05, 0.1) is 0 Å². The molecule has 1 saturated carbocycles. The van der Waals surface area contributed by atoms with Gasteiger partial charge in [0, 0.05) is 13.1 Å². The van der Waals surface area contributed by atoms with E-state index < -0.39 is 0 Å². The van der Waals surface area contributed by atoms with Crippen LogP contribution in [-0.4, -0.2) is 64.2 Å². The summed E-state index contributed by atoms with van der Waals surface area (Å²) in [4.78, 5) is 4.82. The Balaban J connectivity index is 2.35. The Morgan fingerprint density at radius 2 is 1.67 bits per heavy atom. The Labute approximate surface area is 114 Å². The molecule has 0 aliphatic heterocycles. The van der Waals surface area contributed by atoms with Crippen molar-refractivity contribution in [1.82, 2.24) is 15.1 Å². The largest absolute Gasteiger partial charge is 0.319 e. The van der Waals surface area contributed by atoms with E-state index in [0.29, 0.717) is 5.41 Å². The topological polar surface area (TPSA) is 18.5 Å². The van der Waals surface area contributed by atoms with Gasteiger partial charge in [-0.15, -0.1) is 0 Å². The summed E-state index contributed by atoms with van der Waals surface area (Å²) in [6, 6.07) is 0. The highest BCUT2D eigenvalue weighted by atomic mass is 15.1. The minimum Gasteiger partial charge on any atom is -0.319 e. The van der Waals surface area contributed by atoms with Crippen LogP contribution in [0.2, 0.25) is 0 Å². The van der Waals surface area contributed by atoms with Crippen LogP contribution in [-0.2, 0) is 0 Å². The molecule has 1 aliphatic carbocycles. The van der Waals surface area contributed by atoms with Crippen molar-refractivity contribution in [1.29, 1.82) is 0 Å². The summed E-state index contributed by atoms with van der Waals surface area (Å²) in [5.74, 6) is 0. The van der Waals surface area contributed by atoms with Crippen molar-refractivity contribution in [3.8, 4) is 0 Å². The van der Waals surface area contributed by atoms with Crippen LogP contribution in [0.3, 0.4) is 0 Å². The van der Waals surface area contributed by atoms with Crippen molar-refractivity contribution in [2.24, 2.45) is 5.41 Å². The number of rotatable bonds is 8. The van der Waals surface area contributed by atoms with Gasteiger partial charge in [0.1, 0.15) is 0 Å². The van der Waals surface area contributed by atoms with Gasteiger partial charge in [0.25, 0.3) is 0 Å². The van der Waals surface area contributed by atoms with Gasteiger partial charge >= 0.3 is 0 Å². The normalized spacial score (nSPS) is 19.7. The maximum Gasteiger partial charge on any atom is 0.00471 e. The Morgan fingerprint density at radius 3 is 2.22 bits per heavy atom. The highest BCUT2D eigenvalue weighted by Crippen LogP contribution is 2.36. The van der Waals surface area contributed by atoms with Crippen molar-refractivity contribution >= 4 is 0 Å². The first-order chi connectivity index (χ1) is 8.58. The Kier molecular flexibility index (Phi) is 7.20. The van der Waals surface area contributed by atoms with Crippen LogP contribution >= 0.6 is 0 Å². The molecule has 1 N–H and O–H groups in total. The lowest BCUT2D eigenvalue weighted by Crippen LogP contribution is -2.44. The summed E-state index contributed by atoms with van der Waals surface area (Å²) >= 11 is 0. The third-order valence-corrected chi connectivity index (χ3v) is 4.22. The SMILES string of the molecule is CNCC1(CN(C)CCCN(C)C)CCCCC1. The Bertz CT molecular complexity index is 204. The lowest BCUT2D eigenvalue weighted by Gasteiger charge is -2.40. The summed E-state index contributed by atoms with van der Waals surface area (Å²) in [5, 5.41) is 3.42. The highest BCUT2D eigenvalue weighted by molar-refractivity contribution is 4.87. The molecule has 0 radical (unpaired) electrons. The zero-order valence-corrected chi connectivity index (χ0v) is 13.0. The molecule has 0 aromatic rings. The van der Waals surface area contributed by atoms with Gasteiger partial charge < -0.3 is 15.1 Å². The molecule has 1 rings (SSSR count). The lowest BCUT2D eigenvalue weighted by molar-refractivity contribution is 0.118. The van der Waals surface area contributed by atoms with Gasteiger partial charge in [-0.1, -0.05) is 19.3 Å². The molecule has 0 atom stereocenters. The average molecular weight is 255 g/mol. The molecule has 0 amide bonds. The van der Waals surface area contributed by atoms with E-state index in [1.807, 2.05) is 0 Å². The van der Waals surface area contributed by atoms with Crippen LogP contribution < -0.4 is 5.32 Å². The van der Waals surface area contributed by atoms with E-state index in [0.717, 1.165) is 0 Å². The molecule has 1 fully saturated rings. The third-order valence-electron chi connectivity index (χ3n) is 4.22. The average Bonchev–Trinajstić information content (AvgIpc) is 2.29. The standard InChI is InChI=1S/C15H33N3/c1-16-13-15(9-6-5-7-10-15)14-18(4)12-8-11-17(2)3/h16H,5-14H2,1-4H3. The van der Waals surface area contributed by atoms with E-state index >= 15 is 0 Å². The second kappa shape index (κ2) is 8.13. The van der Waals surface area contributed by atoms with Crippen LogP contribution in [0.1, 0.15) is 38.5 Å². The molecule has 0 aromatic heterocycles. The molecule has 0 saturated heterocycles. The first-order valence-corrected chi connectivity index (χ1v) is 7.56. The molecule has 0 unspecified atom stereocenters. The smallest absolute Gasteiger partial charge is 0.00471 e. The maximum absolute atomic E-state index is 3.42. The highest BCUT2D eigenvalue weighted by Gasteiger charge is 2.32. The van der Waals surface area contributed by atoms with Crippen molar-refractivity contribution in [3.63, 3.8) is 0 Å². The van der Waals surface area contributed by atoms with Gasteiger partial charge in [-0.3, -0.25) is 0 Å². The van der Waals surface area contributed by atoms with E-state index in [-0.39, 0.29) is 0 Å². The van der Waals surface area contributed by atoms with Crippen LogP contribution in [0.4, 0.5) is 0 Å². The van der Waals surface area contributed by atoms with Gasteiger partial charge in [-0.2, -0.15) is 0 Å². The van der Waals surface area contributed by atoms with Crippen LogP contribution in [0.5, 0.6) is 0 Å². The van der Waals surface area contributed by atoms with E-state index in [1.54, 1.807) is 0 Å². The minimum atomic E-state index is 0.542. The van der Waals surface area contributed by atoms with Crippen LogP contribution in [0.25, 0.3) is 0 Å². The van der Waals surface area contributed by atoms with Crippen molar-refractivity contribution in [2.75, 3.05) is 54.4 Å². The zero-order chi connectivity index (χ0) is 13.4. The molecule has 3 heteroatoms. The van der Waals surface area contributed by atoms with E-state index in [4.69, 9.17) is 0 Å². The van der Waals surface area contributed by atoms with Gasteiger partial charge in [0.15, 0.2) is 0 Å². The predicted molar refractivity (Wildman–Crippen MR) is 80.1 cm³/mol. The maximum atomic E-state index is 3.42. The summed E-state index contributed by atoms with van der Waals surface area (Å²) in [5.41, 5.74) is 0.542. The summed E-state index contributed by atoms with van der Waals surface area (Å²) in [6.07, 6.45) is 8.38. The first kappa shape index (κ1) is 15.9. The Morgan fingerprint density at radius 1 is 1.00 bits per heavy atom. The third kappa shape index (κ3) is 5.68. The molecule has 1 aliphatic rings. The molecular formula is C15H33N3. The molecule has 0 bridgehead atoms. The quantitative estimate of drug-likeness (QED) is 0.716. The van der Waals surface area contributed by atoms with Crippen LogP contribution in [0, 0.1) is 5.41 Å². The van der Waals surface area contributed by atoms with Gasteiger partial charge in [-0.25, -0.2) is 0 Å². The van der Waals surface area contributed by atoms with Crippen LogP contribution in [0.15, 0.2) is 0 Å². The first-order valence-electron chi connectivity index (χ1n) is 7.56. The van der Waals surface area contributed by atoms with Crippen molar-refractivity contribution < 1.29 is 0 Å². The molecule has 3 nitrogen and oxygen atoms in total. The van der Waals surface area contributed by atoms with Gasteiger partial charge in [-0.05, 0) is 66.0 Å². The number of hydrogen-bond donors (Lipinski definition) is 1. The monoisotopic (exact) mass is 255 g/mol.